The molecule has 0 saturated heterocycles. The number of rotatable bonds is 7. The first kappa shape index (κ1) is 23.8. The van der Waals surface area contributed by atoms with Crippen molar-refractivity contribution in [3.05, 3.63) is 47.7 Å². The van der Waals surface area contributed by atoms with Gasteiger partial charge in [0.05, 0.1) is 16.7 Å². The number of benzene rings is 1. The molecule has 32 heavy (non-hydrogen) atoms. The summed E-state index contributed by atoms with van der Waals surface area (Å²) in [5.41, 5.74) is -2.09. The number of halogens is 6. The second-order valence-corrected chi connectivity index (χ2v) is 7.87. The van der Waals surface area contributed by atoms with Crippen LogP contribution < -0.4 is 10.1 Å². The first-order valence-electron chi connectivity index (χ1n) is 9.64. The second-order valence-electron chi connectivity index (χ2n) is 7.87. The predicted molar refractivity (Wildman–Crippen MR) is 102 cm³/mol. The molecular weight excluding hydrogens is 442 g/mol. The molecule has 5 nitrogen and oxygen atoms in total. The molecule has 1 aromatic heterocycles. The van der Waals surface area contributed by atoms with E-state index in [1.807, 2.05) is 0 Å². The summed E-state index contributed by atoms with van der Waals surface area (Å²) < 4.78 is 81.0. The fourth-order valence-corrected chi connectivity index (χ4v) is 3.10. The molecule has 0 bridgehead atoms. The summed E-state index contributed by atoms with van der Waals surface area (Å²) in [4.78, 5) is 16.3. The highest BCUT2D eigenvalue weighted by atomic mass is 19.4. The standard InChI is InChI=1S/C21H20F6N2O3/c1-19(31,14-6-7-14)10-29-17(30)13-8-16(18(28-9-13)32-11-20(22,23)24)12-2-4-15(5-3-12)21(25,26)27/h2-5,8-9,14,31H,6-7,10-11H2,1H3,(H,29,30). The maximum Gasteiger partial charge on any atom is 0.422 e. The number of aliphatic hydroxyl groups is 1. The molecule has 11 heteroatoms. The van der Waals surface area contributed by atoms with Gasteiger partial charge in [-0.15, -0.1) is 0 Å². The average molecular weight is 462 g/mol. The van der Waals surface area contributed by atoms with Crippen LogP contribution in [0.4, 0.5) is 26.3 Å². The van der Waals surface area contributed by atoms with Crippen LogP contribution in [0.5, 0.6) is 5.88 Å². The first-order chi connectivity index (χ1) is 14.8. The Bertz CT molecular complexity index is 967. The van der Waals surface area contributed by atoms with Crippen molar-refractivity contribution in [1.29, 1.82) is 0 Å². The normalized spacial score (nSPS) is 16.4. The zero-order chi connectivity index (χ0) is 23.7. The molecule has 1 aliphatic rings. The molecule has 1 aromatic carbocycles. The van der Waals surface area contributed by atoms with Crippen molar-refractivity contribution in [3.8, 4) is 17.0 Å². The van der Waals surface area contributed by atoms with Crippen molar-refractivity contribution >= 4 is 5.91 Å². The van der Waals surface area contributed by atoms with Crippen LogP contribution in [0.15, 0.2) is 36.5 Å². The maximum atomic E-state index is 12.8. The zero-order valence-corrected chi connectivity index (χ0v) is 16.8. The predicted octanol–water partition coefficient (Wildman–Crippen LogP) is 4.60. The molecule has 1 saturated carbocycles. The van der Waals surface area contributed by atoms with Crippen molar-refractivity contribution in [2.45, 2.75) is 37.7 Å². The van der Waals surface area contributed by atoms with Gasteiger partial charge in [-0.1, -0.05) is 12.1 Å². The molecule has 1 unspecified atom stereocenters. The van der Waals surface area contributed by atoms with Crippen LogP contribution in [0.3, 0.4) is 0 Å². The Labute approximate surface area is 179 Å². The quantitative estimate of drug-likeness (QED) is 0.590. The smallest absolute Gasteiger partial charge is 0.422 e. The van der Waals surface area contributed by atoms with E-state index in [0.29, 0.717) is 0 Å². The Morgan fingerprint density at radius 2 is 1.78 bits per heavy atom. The van der Waals surface area contributed by atoms with Gasteiger partial charge in [0.2, 0.25) is 5.88 Å². The third-order valence-electron chi connectivity index (χ3n) is 5.07. The second kappa shape index (κ2) is 8.61. The number of pyridine rings is 1. The van der Waals surface area contributed by atoms with Gasteiger partial charge in [-0.3, -0.25) is 4.79 Å². The summed E-state index contributed by atoms with van der Waals surface area (Å²) in [6.45, 7) is -0.118. The summed E-state index contributed by atoms with van der Waals surface area (Å²) in [5.74, 6) is -1.06. The molecule has 174 valence electrons. The molecule has 0 aliphatic heterocycles. The minimum atomic E-state index is -4.66. The van der Waals surface area contributed by atoms with Gasteiger partial charge in [0.1, 0.15) is 0 Å². The number of hydrogen-bond acceptors (Lipinski definition) is 4. The SMILES string of the molecule is CC(O)(CNC(=O)c1cnc(OCC(F)(F)F)c(-c2ccc(C(F)(F)F)cc2)c1)C1CC1. The summed E-state index contributed by atoms with van der Waals surface area (Å²) in [7, 11) is 0. The summed E-state index contributed by atoms with van der Waals surface area (Å²) in [6.07, 6.45) is -6.57. The highest BCUT2D eigenvalue weighted by Crippen LogP contribution is 2.39. The summed E-state index contributed by atoms with van der Waals surface area (Å²) in [5, 5.41) is 12.9. The fourth-order valence-electron chi connectivity index (χ4n) is 3.10. The van der Waals surface area contributed by atoms with Gasteiger partial charge < -0.3 is 15.2 Å². The number of hydrogen-bond donors (Lipinski definition) is 2. The first-order valence-corrected chi connectivity index (χ1v) is 9.64. The zero-order valence-electron chi connectivity index (χ0n) is 16.8. The molecular formula is C21H20F6N2O3. The lowest BCUT2D eigenvalue weighted by molar-refractivity contribution is -0.154. The molecule has 1 aliphatic carbocycles. The number of aromatic nitrogens is 1. The van der Waals surface area contributed by atoms with Crippen LogP contribution in [0.1, 0.15) is 35.7 Å². The van der Waals surface area contributed by atoms with Crippen molar-refractivity contribution in [2.75, 3.05) is 13.2 Å². The summed E-state index contributed by atoms with van der Waals surface area (Å²) >= 11 is 0. The summed E-state index contributed by atoms with van der Waals surface area (Å²) in [6, 6.07) is 4.83. The van der Waals surface area contributed by atoms with Crippen molar-refractivity contribution in [1.82, 2.24) is 10.3 Å². The maximum absolute atomic E-state index is 12.8. The van der Waals surface area contributed by atoms with Gasteiger partial charge in [0, 0.05) is 18.3 Å². The number of amides is 1. The van der Waals surface area contributed by atoms with Crippen LogP contribution in [-0.2, 0) is 6.18 Å². The van der Waals surface area contributed by atoms with Crippen LogP contribution in [0.25, 0.3) is 11.1 Å². The van der Waals surface area contributed by atoms with E-state index in [2.05, 4.69) is 10.3 Å². The lowest BCUT2D eigenvalue weighted by Crippen LogP contribution is -2.42. The van der Waals surface area contributed by atoms with E-state index in [0.717, 1.165) is 43.3 Å². The molecule has 0 spiro atoms. The Morgan fingerprint density at radius 3 is 2.31 bits per heavy atom. The number of nitrogens with zero attached hydrogens (tertiary/aromatic N) is 1. The Kier molecular flexibility index (Phi) is 6.41. The van der Waals surface area contributed by atoms with Gasteiger partial charge in [0.15, 0.2) is 6.61 Å². The number of carbonyl (C=O) groups excluding carboxylic acids is 1. The van der Waals surface area contributed by atoms with Gasteiger partial charge in [0.25, 0.3) is 5.91 Å². The van der Waals surface area contributed by atoms with Crippen LogP contribution >= 0.6 is 0 Å². The Hall–Kier alpha value is -2.82. The number of nitrogens with one attached hydrogen (secondary N) is 1. The van der Waals surface area contributed by atoms with E-state index < -0.39 is 41.9 Å². The molecule has 0 radical (unpaired) electrons. The number of alkyl halides is 6. The minimum Gasteiger partial charge on any atom is -0.468 e. The van der Waals surface area contributed by atoms with E-state index in [1.54, 1.807) is 6.92 Å². The van der Waals surface area contributed by atoms with Gasteiger partial charge >= 0.3 is 12.4 Å². The monoisotopic (exact) mass is 462 g/mol. The lowest BCUT2D eigenvalue weighted by Gasteiger charge is -2.23. The largest absolute Gasteiger partial charge is 0.468 e. The van der Waals surface area contributed by atoms with Gasteiger partial charge in [-0.05, 0) is 49.4 Å². The van der Waals surface area contributed by atoms with Crippen LogP contribution in [0.2, 0.25) is 0 Å². The van der Waals surface area contributed by atoms with Gasteiger partial charge in [-0.2, -0.15) is 26.3 Å². The molecule has 1 atom stereocenters. The van der Waals surface area contributed by atoms with E-state index >= 15 is 0 Å². The van der Waals surface area contributed by atoms with E-state index in [9.17, 15) is 36.2 Å². The lowest BCUT2D eigenvalue weighted by atomic mass is 10.0. The highest BCUT2D eigenvalue weighted by molar-refractivity contribution is 5.95. The average Bonchev–Trinajstić information content (AvgIpc) is 3.55. The number of carbonyl (C=O) groups is 1. The van der Waals surface area contributed by atoms with Gasteiger partial charge in [-0.25, -0.2) is 4.98 Å². The third kappa shape index (κ3) is 6.12. The van der Waals surface area contributed by atoms with E-state index in [1.165, 1.54) is 6.07 Å². The third-order valence-corrected chi connectivity index (χ3v) is 5.07. The molecule has 3 rings (SSSR count). The molecule has 1 heterocycles. The molecule has 1 fully saturated rings. The minimum absolute atomic E-state index is 0.0432. The van der Waals surface area contributed by atoms with Crippen LogP contribution in [0, 0.1) is 5.92 Å². The van der Waals surface area contributed by atoms with E-state index in [-0.39, 0.29) is 29.2 Å². The molecule has 1 amide bonds. The molecule has 2 N–H and O–H groups in total. The Balaban J connectivity index is 1.88. The topological polar surface area (TPSA) is 71.5 Å². The van der Waals surface area contributed by atoms with Crippen molar-refractivity contribution < 1.29 is 41.0 Å². The molecule has 2 aromatic rings. The van der Waals surface area contributed by atoms with Crippen LogP contribution in [-0.4, -0.2) is 40.9 Å². The number of ether oxygens (including phenoxy) is 1. The van der Waals surface area contributed by atoms with Crippen molar-refractivity contribution in [2.24, 2.45) is 5.92 Å². The highest BCUT2D eigenvalue weighted by Gasteiger charge is 2.40. The fraction of sp³-hybridized carbons (Fsp3) is 0.429. The van der Waals surface area contributed by atoms with Crippen molar-refractivity contribution in [3.63, 3.8) is 0 Å². The van der Waals surface area contributed by atoms with E-state index in [4.69, 9.17) is 4.74 Å². The Morgan fingerprint density at radius 1 is 1.16 bits per heavy atom.